The fourth-order valence-corrected chi connectivity index (χ4v) is 0.593. The number of ether oxygens (including phenoxy) is 1. The SMILES string of the molecule is COC(=O)C(Cl)C(Cl)(Cl)Cl. The minimum absolute atomic E-state index is 0.762. The first-order valence-corrected chi connectivity index (χ1v) is 3.75. The van der Waals surface area contributed by atoms with Crippen LogP contribution in [0.25, 0.3) is 0 Å². The molecule has 0 aromatic carbocycles. The van der Waals surface area contributed by atoms with Crippen molar-refractivity contribution in [3.05, 3.63) is 0 Å². The average molecular weight is 226 g/mol. The zero-order chi connectivity index (χ0) is 8.36. The van der Waals surface area contributed by atoms with Crippen molar-refractivity contribution in [2.24, 2.45) is 0 Å². The quantitative estimate of drug-likeness (QED) is 0.505. The van der Waals surface area contributed by atoms with E-state index in [-0.39, 0.29) is 0 Å². The van der Waals surface area contributed by atoms with Gasteiger partial charge in [0.05, 0.1) is 7.11 Å². The van der Waals surface area contributed by atoms with Crippen molar-refractivity contribution in [1.82, 2.24) is 0 Å². The number of carbonyl (C=O) groups excluding carboxylic acids is 1. The van der Waals surface area contributed by atoms with Gasteiger partial charge in [0.1, 0.15) is 0 Å². The van der Waals surface area contributed by atoms with E-state index in [4.69, 9.17) is 46.4 Å². The van der Waals surface area contributed by atoms with Gasteiger partial charge >= 0.3 is 5.97 Å². The molecule has 0 radical (unpaired) electrons. The molecule has 2 nitrogen and oxygen atoms in total. The summed E-state index contributed by atoms with van der Waals surface area (Å²) in [5, 5.41) is -1.26. The zero-order valence-corrected chi connectivity index (χ0v) is 7.93. The van der Waals surface area contributed by atoms with Crippen LogP contribution in [0.3, 0.4) is 0 Å². The molecule has 6 heteroatoms. The first kappa shape index (κ1) is 10.6. The number of carbonyl (C=O) groups is 1. The molecule has 60 valence electrons. The Bertz CT molecular complexity index is 130. The summed E-state index contributed by atoms with van der Waals surface area (Å²) in [6.07, 6.45) is 0. The van der Waals surface area contributed by atoms with Gasteiger partial charge in [0.25, 0.3) is 0 Å². The molecular weight excluding hydrogens is 222 g/mol. The smallest absolute Gasteiger partial charge is 0.328 e. The predicted molar refractivity (Wildman–Crippen MR) is 41.9 cm³/mol. The zero-order valence-electron chi connectivity index (χ0n) is 4.91. The lowest BCUT2D eigenvalue weighted by Crippen LogP contribution is -2.29. The Morgan fingerprint density at radius 3 is 2.00 bits per heavy atom. The molecule has 0 aliphatic heterocycles. The van der Waals surface area contributed by atoms with E-state index in [0.717, 1.165) is 7.11 Å². The number of hydrogen-bond donors (Lipinski definition) is 0. The van der Waals surface area contributed by atoms with Crippen LogP contribution >= 0.6 is 46.4 Å². The van der Waals surface area contributed by atoms with Crippen LogP contribution in [0.15, 0.2) is 0 Å². The number of esters is 1. The van der Waals surface area contributed by atoms with Crippen LogP contribution in [0.5, 0.6) is 0 Å². The van der Waals surface area contributed by atoms with E-state index in [1.54, 1.807) is 0 Å². The molecule has 0 N–H and O–H groups in total. The van der Waals surface area contributed by atoms with Gasteiger partial charge in [0.15, 0.2) is 5.38 Å². The van der Waals surface area contributed by atoms with E-state index in [0.29, 0.717) is 0 Å². The third-order valence-corrected chi connectivity index (χ3v) is 2.19. The van der Waals surface area contributed by atoms with Gasteiger partial charge in [-0.3, -0.25) is 4.79 Å². The average Bonchev–Trinajstić information content (AvgIpc) is 1.83. The van der Waals surface area contributed by atoms with E-state index in [1.807, 2.05) is 0 Å². The van der Waals surface area contributed by atoms with Crippen LogP contribution in [0, 0.1) is 0 Å². The topological polar surface area (TPSA) is 26.3 Å². The second-order valence-electron chi connectivity index (χ2n) is 1.43. The summed E-state index contributed by atoms with van der Waals surface area (Å²) in [5.41, 5.74) is 0. The Morgan fingerprint density at radius 2 is 1.90 bits per heavy atom. The van der Waals surface area contributed by atoms with E-state index in [2.05, 4.69) is 4.74 Å². The maximum atomic E-state index is 10.6. The van der Waals surface area contributed by atoms with Gasteiger partial charge in [0, 0.05) is 0 Å². The summed E-state index contributed by atoms with van der Waals surface area (Å²) in [7, 11) is 1.16. The van der Waals surface area contributed by atoms with Crippen molar-refractivity contribution in [2.45, 2.75) is 9.17 Å². The van der Waals surface area contributed by atoms with Crippen molar-refractivity contribution >= 4 is 52.4 Å². The molecular formula is C4H4Cl4O2. The highest BCUT2D eigenvalue weighted by Crippen LogP contribution is 2.34. The number of alkyl halides is 4. The summed E-state index contributed by atoms with van der Waals surface area (Å²) in [6.45, 7) is 0. The largest absolute Gasteiger partial charge is 0.468 e. The summed E-state index contributed by atoms with van der Waals surface area (Å²) in [5.74, 6) is -0.762. The van der Waals surface area contributed by atoms with Gasteiger partial charge in [-0.2, -0.15) is 0 Å². The second kappa shape index (κ2) is 3.86. The van der Waals surface area contributed by atoms with Crippen molar-refractivity contribution in [3.8, 4) is 0 Å². The second-order valence-corrected chi connectivity index (χ2v) is 4.23. The lowest BCUT2D eigenvalue weighted by molar-refractivity contribution is -0.140. The Labute approximate surface area is 78.3 Å². The number of halogens is 4. The van der Waals surface area contributed by atoms with Crippen LogP contribution in [0.1, 0.15) is 0 Å². The summed E-state index contributed by atoms with van der Waals surface area (Å²) >= 11 is 21.1. The van der Waals surface area contributed by atoms with Crippen molar-refractivity contribution in [2.75, 3.05) is 7.11 Å². The fourth-order valence-electron chi connectivity index (χ4n) is 0.237. The van der Waals surface area contributed by atoms with Crippen molar-refractivity contribution < 1.29 is 9.53 Å². The minimum Gasteiger partial charge on any atom is -0.468 e. The molecule has 0 heterocycles. The van der Waals surface area contributed by atoms with Crippen molar-refractivity contribution in [1.29, 1.82) is 0 Å². The van der Waals surface area contributed by atoms with Crippen LogP contribution in [0.4, 0.5) is 0 Å². The molecule has 0 aliphatic carbocycles. The highest BCUT2D eigenvalue weighted by atomic mass is 35.6. The van der Waals surface area contributed by atoms with Crippen LogP contribution in [0.2, 0.25) is 0 Å². The summed E-state index contributed by atoms with van der Waals surface area (Å²) < 4.78 is 2.40. The highest BCUT2D eigenvalue weighted by molar-refractivity contribution is 6.71. The summed E-state index contributed by atoms with van der Waals surface area (Å²) in [6, 6.07) is 0. The third-order valence-electron chi connectivity index (χ3n) is 0.696. The van der Waals surface area contributed by atoms with Crippen LogP contribution < -0.4 is 0 Å². The van der Waals surface area contributed by atoms with E-state index in [1.165, 1.54) is 0 Å². The molecule has 0 aromatic heterocycles. The van der Waals surface area contributed by atoms with E-state index in [9.17, 15) is 4.79 Å². The van der Waals surface area contributed by atoms with E-state index < -0.39 is 15.1 Å². The molecule has 0 amide bonds. The van der Waals surface area contributed by atoms with Gasteiger partial charge in [0.2, 0.25) is 3.79 Å². The van der Waals surface area contributed by atoms with Crippen LogP contribution in [-0.2, 0) is 9.53 Å². The first-order valence-electron chi connectivity index (χ1n) is 2.18. The van der Waals surface area contributed by atoms with Gasteiger partial charge in [-0.25, -0.2) is 0 Å². The monoisotopic (exact) mass is 224 g/mol. The molecule has 0 saturated heterocycles. The maximum absolute atomic E-state index is 10.6. The third kappa shape index (κ3) is 3.15. The standard InChI is InChI=1S/C4H4Cl4O2/c1-10-3(9)2(5)4(6,7)8/h2H,1H3. The minimum atomic E-state index is -1.81. The first-order chi connectivity index (χ1) is 4.39. The van der Waals surface area contributed by atoms with Gasteiger partial charge in [-0.15, -0.1) is 11.6 Å². The Balaban J connectivity index is 4.08. The molecule has 0 spiro atoms. The highest BCUT2D eigenvalue weighted by Gasteiger charge is 2.37. The molecule has 1 unspecified atom stereocenters. The van der Waals surface area contributed by atoms with Gasteiger partial charge in [-0.1, -0.05) is 34.8 Å². The number of methoxy groups -OCH3 is 1. The number of hydrogen-bond acceptors (Lipinski definition) is 2. The van der Waals surface area contributed by atoms with E-state index >= 15 is 0 Å². The van der Waals surface area contributed by atoms with Crippen molar-refractivity contribution in [3.63, 3.8) is 0 Å². The molecule has 0 saturated carbocycles. The molecule has 10 heavy (non-hydrogen) atoms. The Morgan fingerprint density at radius 1 is 1.50 bits per heavy atom. The molecule has 0 bridgehead atoms. The van der Waals surface area contributed by atoms with Gasteiger partial charge < -0.3 is 4.74 Å². The Kier molecular flexibility index (Phi) is 4.10. The van der Waals surface area contributed by atoms with Crippen LogP contribution in [-0.4, -0.2) is 22.2 Å². The molecule has 0 aromatic rings. The maximum Gasteiger partial charge on any atom is 0.328 e. The number of rotatable bonds is 1. The predicted octanol–water partition coefficient (Wildman–Crippen LogP) is 2.14. The normalized spacial score (nSPS) is 14.5. The fraction of sp³-hybridized carbons (Fsp3) is 0.750. The van der Waals surface area contributed by atoms with Gasteiger partial charge in [-0.05, 0) is 0 Å². The molecule has 0 fully saturated rings. The lowest BCUT2D eigenvalue weighted by Gasteiger charge is -2.14. The molecule has 0 rings (SSSR count). The summed E-state index contributed by atoms with van der Waals surface area (Å²) in [4.78, 5) is 10.6. The Hall–Kier alpha value is 0.630. The lowest BCUT2D eigenvalue weighted by atomic mass is 10.5. The molecule has 0 aliphatic rings. The molecule has 1 atom stereocenters.